The van der Waals surface area contributed by atoms with Gasteiger partial charge in [-0.05, 0) is 54.2 Å². The minimum Gasteiger partial charge on any atom is -0.406 e. The molecule has 1 aliphatic carbocycles. The molecule has 0 aromatic heterocycles. The van der Waals surface area contributed by atoms with E-state index in [1.165, 1.54) is 12.1 Å². The summed E-state index contributed by atoms with van der Waals surface area (Å²) in [7, 11) is -4.34. The number of nitrogens with one attached hydrogen (secondary N) is 3. The molecule has 12 heteroatoms. The second kappa shape index (κ2) is 12.1. The van der Waals surface area contributed by atoms with Gasteiger partial charge in [0.25, 0.3) is 0 Å². The summed E-state index contributed by atoms with van der Waals surface area (Å²) >= 11 is 0. The van der Waals surface area contributed by atoms with Crippen LogP contribution in [0.2, 0.25) is 0 Å². The van der Waals surface area contributed by atoms with Crippen molar-refractivity contribution < 1.29 is 35.5 Å². The summed E-state index contributed by atoms with van der Waals surface area (Å²) in [6.07, 6.45) is 0.0999. The number of hydrogen-bond donors (Lipinski definition) is 3. The SMILES string of the molecule is CC(CNC(=O)[C@H](CC1CCCCC1)NS(=O)(=O)c1cccc(OC(F)(F)F)c1)C1CNc2ccc(F)cc21. The van der Waals surface area contributed by atoms with Crippen molar-refractivity contribution in [2.24, 2.45) is 11.8 Å². The number of hydrogen-bond acceptors (Lipinski definition) is 5. The Bertz CT molecular complexity index is 1270. The van der Waals surface area contributed by atoms with Gasteiger partial charge in [0.2, 0.25) is 15.9 Å². The molecule has 0 bridgehead atoms. The smallest absolute Gasteiger partial charge is 0.406 e. The van der Waals surface area contributed by atoms with Gasteiger partial charge in [-0.1, -0.05) is 45.1 Å². The summed E-state index contributed by atoms with van der Waals surface area (Å²) in [5.41, 5.74) is 1.68. The normalized spacial score (nSPS) is 19.6. The van der Waals surface area contributed by atoms with Crippen LogP contribution in [0.25, 0.3) is 0 Å². The summed E-state index contributed by atoms with van der Waals surface area (Å²) in [4.78, 5) is 12.9. The standard InChI is InChI=1S/C27H33F4N3O4S/c1-17(23-16-32-24-11-10-19(28)13-22(23)24)15-33-26(35)25(12-18-6-3-2-4-7-18)34-39(36,37)21-9-5-8-20(14-21)38-27(29,30)31/h5,8-11,13-14,17-18,23,25,32,34H,2-4,6-7,12,15-16H2,1H3,(H,33,35)/t17?,23?,25-/m0/s1. The van der Waals surface area contributed by atoms with Crippen LogP contribution in [0.15, 0.2) is 47.4 Å². The van der Waals surface area contributed by atoms with Gasteiger partial charge in [-0.3, -0.25) is 4.79 Å². The molecule has 2 aromatic carbocycles. The summed E-state index contributed by atoms with van der Waals surface area (Å²) in [6.45, 7) is 2.75. The zero-order valence-electron chi connectivity index (χ0n) is 21.6. The average molecular weight is 572 g/mol. The van der Waals surface area contributed by atoms with Gasteiger partial charge in [-0.25, -0.2) is 12.8 Å². The zero-order chi connectivity index (χ0) is 28.2. The van der Waals surface area contributed by atoms with Gasteiger partial charge in [-0.2, -0.15) is 4.72 Å². The van der Waals surface area contributed by atoms with Crippen molar-refractivity contribution in [1.29, 1.82) is 0 Å². The van der Waals surface area contributed by atoms with Crippen molar-refractivity contribution in [3.8, 4) is 5.75 Å². The van der Waals surface area contributed by atoms with E-state index in [2.05, 4.69) is 20.1 Å². The second-order valence-corrected chi connectivity index (χ2v) is 12.1. The summed E-state index contributed by atoms with van der Waals surface area (Å²) < 4.78 is 84.3. The highest BCUT2D eigenvalue weighted by atomic mass is 32.2. The number of benzene rings is 2. The Kier molecular flexibility index (Phi) is 9.05. The zero-order valence-corrected chi connectivity index (χ0v) is 22.4. The number of sulfonamides is 1. The first-order valence-corrected chi connectivity index (χ1v) is 14.6. The van der Waals surface area contributed by atoms with Gasteiger partial charge in [0, 0.05) is 30.8 Å². The molecule has 2 unspecified atom stereocenters. The van der Waals surface area contributed by atoms with E-state index in [9.17, 15) is 30.8 Å². The van der Waals surface area contributed by atoms with E-state index < -0.39 is 39.0 Å². The first-order valence-electron chi connectivity index (χ1n) is 13.1. The maximum absolute atomic E-state index is 13.8. The minimum absolute atomic E-state index is 0.0409. The molecule has 3 atom stereocenters. The monoisotopic (exact) mass is 571 g/mol. The van der Waals surface area contributed by atoms with E-state index in [0.717, 1.165) is 67.6 Å². The van der Waals surface area contributed by atoms with Crippen LogP contribution in [-0.4, -0.2) is 39.8 Å². The highest BCUT2D eigenvalue weighted by Crippen LogP contribution is 2.36. The molecule has 3 N–H and O–H groups in total. The molecule has 0 radical (unpaired) electrons. The number of carbonyl (C=O) groups excluding carboxylic acids is 1. The van der Waals surface area contributed by atoms with Crippen LogP contribution in [-0.2, 0) is 14.8 Å². The molecule has 1 saturated carbocycles. The number of alkyl halides is 3. The minimum atomic E-state index is -4.98. The molecule has 0 saturated heterocycles. The van der Waals surface area contributed by atoms with Crippen molar-refractivity contribution >= 4 is 21.6 Å². The number of fused-ring (bicyclic) bond motifs is 1. The predicted octanol–water partition coefficient (Wildman–Crippen LogP) is 5.30. The van der Waals surface area contributed by atoms with Crippen molar-refractivity contribution in [3.63, 3.8) is 0 Å². The van der Waals surface area contributed by atoms with Crippen LogP contribution in [0.5, 0.6) is 5.75 Å². The molecule has 4 rings (SSSR count). The van der Waals surface area contributed by atoms with Crippen LogP contribution in [0.4, 0.5) is 23.2 Å². The maximum atomic E-state index is 13.8. The number of rotatable bonds is 10. The predicted molar refractivity (Wildman–Crippen MR) is 138 cm³/mol. The number of carbonyl (C=O) groups is 1. The fraction of sp³-hybridized carbons (Fsp3) is 0.519. The molecule has 1 aliphatic heterocycles. The van der Waals surface area contributed by atoms with Gasteiger partial charge >= 0.3 is 6.36 Å². The van der Waals surface area contributed by atoms with Crippen molar-refractivity contribution in [1.82, 2.24) is 10.0 Å². The molecular weight excluding hydrogens is 538 g/mol. The van der Waals surface area contributed by atoms with Crippen LogP contribution in [0, 0.1) is 17.7 Å². The molecule has 2 aromatic rings. The van der Waals surface area contributed by atoms with Crippen molar-refractivity contribution in [2.75, 3.05) is 18.4 Å². The average Bonchev–Trinajstić information content (AvgIpc) is 3.29. The number of halogens is 4. The lowest BCUT2D eigenvalue weighted by Gasteiger charge is -2.27. The Morgan fingerprint density at radius 2 is 1.87 bits per heavy atom. The summed E-state index contributed by atoms with van der Waals surface area (Å²) in [5, 5.41) is 6.09. The van der Waals surface area contributed by atoms with E-state index in [-0.39, 0.29) is 36.5 Å². The number of anilines is 1. The lowest BCUT2D eigenvalue weighted by molar-refractivity contribution is -0.274. The third kappa shape index (κ3) is 7.84. The molecule has 1 fully saturated rings. The van der Waals surface area contributed by atoms with Gasteiger partial charge < -0.3 is 15.4 Å². The van der Waals surface area contributed by atoms with Crippen molar-refractivity contribution in [2.45, 2.75) is 68.7 Å². The second-order valence-electron chi connectivity index (χ2n) is 10.4. The lowest BCUT2D eigenvalue weighted by Crippen LogP contribution is -2.48. The van der Waals surface area contributed by atoms with E-state index in [4.69, 9.17) is 0 Å². The highest BCUT2D eigenvalue weighted by Gasteiger charge is 2.33. The summed E-state index contributed by atoms with van der Waals surface area (Å²) in [5.74, 6) is -1.50. The number of amides is 1. The topological polar surface area (TPSA) is 96.5 Å². The molecular formula is C27H33F4N3O4S. The van der Waals surface area contributed by atoms with E-state index >= 15 is 0 Å². The van der Waals surface area contributed by atoms with Crippen LogP contribution >= 0.6 is 0 Å². The molecule has 1 heterocycles. The fourth-order valence-electron chi connectivity index (χ4n) is 5.42. The Morgan fingerprint density at radius 3 is 2.59 bits per heavy atom. The first-order chi connectivity index (χ1) is 18.4. The maximum Gasteiger partial charge on any atom is 0.573 e. The lowest BCUT2D eigenvalue weighted by atomic mass is 9.84. The van der Waals surface area contributed by atoms with E-state index in [1.54, 1.807) is 6.07 Å². The first kappa shape index (κ1) is 29.1. The third-order valence-electron chi connectivity index (χ3n) is 7.47. The molecule has 0 spiro atoms. The number of ether oxygens (including phenoxy) is 1. The van der Waals surface area contributed by atoms with Gasteiger partial charge in [0.15, 0.2) is 0 Å². The van der Waals surface area contributed by atoms with E-state index in [0.29, 0.717) is 6.54 Å². The van der Waals surface area contributed by atoms with E-state index in [1.807, 2.05) is 6.92 Å². The quantitative estimate of drug-likeness (QED) is 0.336. The molecule has 39 heavy (non-hydrogen) atoms. The fourth-order valence-corrected chi connectivity index (χ4v) is 6.67. The molecule has 2 aliphatic rings. The van der Waals surface area contributed by atoms with Gasteiger partial charge in [0.05, 0.1) is 4.90 Å². The van der Waals surface area contributed by atoms with Crippen molar-refractivity contribution in [3.05, 3.63) is 53.8 Å². The molecule has 214 valence electrons. The Labute approximate surface area is 225 Å². The molecule has 7 nitrogen and oxygen atoms in total. The Morgan fingerprint density at radius 1 is 1.13 bits per heavy atom. The van der Waals surface area contributed by atoms with Gasteiger partial charge in [0.1, 0.15) is 17.6 Å². The molecule has 1 amide bonds. The largest absolute Gasteiger partial charge is 0.573 e. The highest BCUT2D eigenvalue weighted by molar-refractivity contribution is 7.89. The van der Waals surface area contributed by atoms with Gasteiger partial charge in [-0.15, -0.1) is 13.2 Å². The van der Waals surface area contributed by atoms with Crippen LogP contribution < -0.4 is 20.1 Å². The van der Waals surface area contributed by atoms with Crippen LogP contribution in [0.1, 0.15) is 56.9 Å². The third-order valence-corrected chi connectivity index (χ3v) is 8.94. The summed E-state index contributed by atoms with van der Waals surface area (Å²) in [6, 6.07) is 7.50. The Balaban J connectivity index is 1.46. The van der Waals surface area contributed by atoms with Crippen LogP contribution in [0.3, 0.4) is 0 Å². The Hall–Kier alpha value is -2.86.